The van der Waals surface area contributed by atoms with Crippen molar-refractivity contribution in [2.75, 3.05) is 0 Å². The summed E-state index contributed by atoms with van der Waals surface area (Å²) in [5.41, 5.74) is 8.83. The normalized spacial score (nSPS) is 12.8. The Balaban J connectivity index is 0.000000687. The molecule has 2 atom stereocenters. The van der Waals surface area contributed by atoms with Gasteiger partial charge in [-0.2, -0.15) is 0 Å². The summed E-state index contributed by atoms with van der Waals surface area (Å²) in [5.74, 6) is 1.66. The number of unbranched alkanes of at least 4 members (excludes halogenated alkanes) is 3. The van der Waals surface area contributed by atoms with Crippen molar-refractivity contribution in [1.82, 2.24) is 9.55 Å². The maximum absolute atomic E-state index is 13.3. The molecule has 1 heterocycles. The monoisotopic (exact) mass is 594 g/mol. The standard InChI is InChI=1S/C17H21FN4.C9H20.C7H8O.C4H10/c1-5-11(2)12(3)21-17(19)16-13(4)22(10-20-16)15-8-6-7-14(18)9-15;1-4-6-7-8-9(3)5-2;1-6-2-4-7(8)5-3-6;1-3-4-2/h6-11H,4-5,19H2,1-3H3;9H,4-8H2,1-3H3;2-5,8H,1H3;3-4H2,1-2H3/b17-16+,21-12-;;;. The number of benzene rings is 2. The minimum atomic E-state index is -0.310. The molecule has 6 heteroatoms. The van der Waals surface area contributed by atoms with Crippen molar-refractivity contribution in [2.45, 2.75) is 114 Å². The highest BCUT2D eigenvalue weighted by atomic mass is 19.1. The van der Waals surface area contributed by atoms with Gasteiger partial charge in [0.15, 0.2) is 5.82 Å². The fourth-order valence-electron chi connectivity index (χ4n) is 3.58. The highest BCUT2D eigenvalue weighted by molar-refractivity contribution is 5.87. The molecule has 3 rings (SSSR count). The molecular formula is C37H59FN4O. The summed E-state index contributed by atoms with van der Waals surface area (Å²) in [4.78, 5) is 8.69. The number of aryl methyl sites for hydroxylation is 1. The molecule has 3 N–H and O–H groups in total. The third kappa shape index (κ3) is 16.7. The maximum atomic E-state index is 13.3. The Morgan fingerprint density at radius 3 is 2.09 bits per heavy atom. The molecule has 0 aliphatic carbocycles. The van der Waals surface area contributed by atoms with Crippen LogP contribution in [-0.2, 0) is 0 Å². The lowest BCUT2D eigenvalue weighted by molar-refractivity contribution is 0.475. The minimum absolute atomic E-state index is 0.310. The van der Waals surface area contributed by atoms with Crippen LogP contribution in [0, 0.1) is 24.6 Å². The van der Waals surface area contributed by atoms with Crippen LogP contribution in [0.2, 0.25) is 0 Å². The number of halogens is 1. The van der Waals surface area contributed by atoms with E-state index in [-0.39, 0.29) is 5.82 Å². The summed E-state index contributed by atoms with van der Waals surface area (Å²) in [6.07, 6.45) is 12.2. The summed E-state index contributed by atoms with van der Waals surface area (Å²) in [7, 11) is 0. The molecular weight excluding hydrogens is 535 g/mol. The third-order valence-corrected chi connectivity index (χ3v) is 7.35. The van der Waals surface area contributed by atoms with E-state index in [0.717, 1.165) is 18.1 Å². The Kier molecular flexibility index (Phi) is 21.3. The van der Waals surface area contributed by atoms with Gasteiger partial charge in [-0.1, -0.05) is 124 Å². The van der Waals surface area contributed by atoms with Crippen molar-refractivity contribution in [1.29, 1.82) is 0 Å². The molecule has 2 aromatic carbocycles. The Hall–Kier alpha value is -3.41. The van der Waals surface area contributed by atoms with E-state index in [4.69, 9.17) is 10.8 Å². The first kappa shape index (κ1) is 39.6. The number of aliphatic imine (C=N–C) groups is 1. The Morgan fingerprint density at radius 1 is 0.977 bits per heavy atom. The average Bonchev–Trinajstić information content (AvgIpc) is 3.40. The van der Waals surface area contributed by atoms with Gasteiger partial charge in [-0.3, -0.25) is 4.57 Å². The Labute approximate surface area is 261 Å². The van der Waals surface area contributed by atoms with E-state index in [1.54, 1.807) is 35.2 Å². The van der Waals surface area contributed by atoms with E-state index in [9.17, 15) is 4.39 Å². The van der Waals surface area contributed by atoms with E-state index >= 15 is 0 Å². The molecule has 0 aliphatic heterocycles. The predicted octanol–water partition coefficient (Wildman–Crippen LogP) is 9.07. The first-order valence-corrected chi connectivity index (χ1v) is 16.0. The summed E-state index contributed by atoms with van der Waals surface area (Å²) in [6.45, 7) is 23.4. The van der Waals surface area contributed by atoms with Crippen LogP contribution in [0.1, 0.15) is 112 Å². The summed E-state index contributed by atoms with van der Waals surface area (Å²) >= 11 is 0. The number of phenolic OH excluding ortho intramolecular Hbond substituents is 1. The Bertz CT molecular complexity index is 1260. The van der Waals surface area contributed by atoms with Gasteiger partial charge in [-0.05, 0) is 62.4 Å². The second kappa shape index (κ2) is 23.1. The summed E-state index contributed by atoms with van der Waals surface area (Å²) < 4.78 is 15.0. The lowest BCUT2D eigenvalue weighted by Crippen LogP contribution is -2.32. The molecule has 2 unspecified atom stereocenters. The number of imidazole rings is 1. The van der Waals surface area contributed by atoms with Gasteiger partial charge in [0.2, 0.25) is 0 Å². The quantitative estimate of drug-likeness (QED) is 0.182. The summed E-state index contributed by atoms with van der Waals surface area (Å²) in [5, 5.41) is 9.86. The highest BCUT2D eigenvalue weighted by Gasteiger charge is 2.06. The zero-order valence-corrected chi connectivity index (χ0v) is 28.5. The van der Waals surface area contributed by atoms with Crippen LogP contribution < -0.4 is 16.4 Å². The van der Waals surface area contributed by atoms with Crippen LogP contribution in [0.15, 0.2) is 59.9 Å². The van der Waals surface area contributed by atoms with Crippen LogP contribution in [0.3, 0.4) is 0 Å². The van der Waals surface area contributed by atoms with Gasteiger partial charge in [0.05, 0.1) is 5.35 Å². The van der Waals surface area contributed by atoms with Gasteiger partial charge in [0, 0.05) is 11.4 Å². The van der Waals surface area contributed by atoms with E-state index in [0.29, 0.717) is 33.9 Å². The van der Waals surface area contributed by atoms with Crippen LogP contribution >= 0.6 is 0 Å². The van der Waals surface area contributed by atoms with Crippen LogP contribution in [0.25, 0.3) is 18.1 Å². The molecule has 0 bridgehead atoms. The van der Waals surface area contributed by atoms with E-state index < -0.39 is 0 Å². The lowest BCUT2D eigenvalue weighted by atomic mass is 10.0. The van der Waals surface area contributed by atoms with Gasteiger partial charge in [-0.15, -0.1) is 0 Å². The van der Waals surface area contributed by atoms with Crippen molar-refractivity contribution in [2.24, 2.45) is 22.6 Å². The van der Waals surface area contributed by atoms with Gasteiger partial charge in [0.1, 0.15) is 23.2 Å². The molecule has 0 saturated carbocycles. The zero-order valence-electron chi connectivity index (χ0n) is 28.5. The Morgan fingerprint density at radius 2 is 1.60 bits per heavy atom. The van der Waals surface area contributed by atoms with Crippen molar-refractivity contribution in [3.63, 3.8) is 0 Å². The number of hydrogen-bond donors (Lipinski definition) is 2. The largest absolute Gasteiger partial charge is 0.508 e. The third-order valence-electron chi connectivity index (χ3n) is 7.35. The van der Waals surface area contributed by atoms with Crippen molar-refractivity contribution in [3.05, 3.63) is 76.9 Å². The lowest BCUT2D eigenvalue weighted by Gasteiger charge is -2.07. The van der Waals surface area contributed by atoms with Gasteiger partial charge in [-0.25, -0.2) is 14.4 Å². The van der Waals surface area contributed by atoms with Crippen LogP contribution in [0.5, 0.6) is 5.75 Å². The van der Waals surface area contributed by atoms with Crippen molar-refractivity contribution < 1.29 is 9.50 Å². The smallest absolute Gasteiger partial charge is 0.151 e. The molecule has 1 aromatic heterocycles. The average molecular weight is 595 g/mol. The number of aromatic nitrogens is 2. The zero-order chi connectivity index (χ0) is 32.8. The number of aromatic hydroxyl groups is 1. The van der Waals surface area contributed by atoms with E-state index in [1.165, 1.54) is 62.6 Å². The van der Waals surface area contributed by atoms with E-state index in [2.05, 4.69) is 65.0 Å². The second-order valence-corrected chi connectivity index (χ2v) is 11.2. The molecule has 0 aliphatic rings. The molecule has 0 fully saturated rings. The molecule has 5 nitrogen and oxygen atoms in total. The first-order valence-electron chi connectivity index (χ1n) is 16.0. The first-order chi connectivity index (χ1) is 20.4. The van der Waals surface area contributed by atoms with Crippen molar-refractivity contribution in [3.8, 4) is 11.4 Å². The molecule has 0 amide bonds. The van der Waals surface area contributed by atoms with Gasteiger partial charge >= 0.3 is 0 Å². The predicted molar refractivity (Wildman–Crippen MR) is 185 cm³/mol. The highest BCUT2D eigenvalue weighted by Crippen LogP contribution is 2.11. The second-order valence-electron chi connectivity index (χ2n) is 11.2. The fourth-order valence-corrected chi connectivity index (χ4v) is 3.58. The number of nitrogens with two attached hydrogens (primary N) is 1. The number of nitrogens with zero attached hydrogens (tertiary/aromatic N) is 3. The van der Waals surface area contributed by atoms with E-state index in [1.807, 2.05) is 26.0 Å². The fraction of sp³-hybridized carbons (Fsp3) is 0.514. The summed E-state index contributed by atoms with van der Waals surface area (Å²) in [6, 6.07) is 13.3. The molecule has 0 saturated heterocycles. The van der Waals surface area contributed by atoms with Crippen LogP contribution in [-0.4, -0.2) is 20.4 Å². The molecule has 0 radical (unpaired) electrons. The minimum Gasteiger partial charge on any atom is -0.508 e. The number of phenols is 1. The van der Waals surface area contributed by atoms with Gasteiger partial charge in [0.25, 0.3) is 0 Å². The topological polar surface area (TPSA) is 76.4 Å². The maximum Gasteiger partial charge on any atom is 0.151 e. The van der Waals surface area contributed by atoms with Crippen LogP contribution in [0.4, 0.5) is 4.39 Å². The number of hydrogen-bond acceptors (Lipinski definition) is 4. The number of rotatable bonds is 10. The molecule has 43 heavy (non-hydrogen) atoms. The van der Waals surface area contributed by atoms with Gasteiger partial charge < -0.3 is 10.8 Å². The molecule has 240 valence electrons. The van der Waals surface area contributed by atoms with Crippen molar-refractivity contribution >= 4 is 18.1 Å². The molecule has 0 spiro atoms. The molecule has 3 aromatic rings. The SMILES string of the molecule is C=c1/c(=C(N)\N=C(\C)C(C)CC)ncn1-c1cccc(F)c1.CCCC.CCCCCC(C)CC.Cc1ccc(O)cc1.